The van der Waals surface area contributed by atoms with Gasteiger partial charge < -0.3 is 8.85 Å². The minimum atomic E-state index is -1.93. The molecule has 0 aromatic rings. The van der Waals surface area contributed by atoms with Crippen LogP contribution in [0, 0.1) is 11.8 Å². The summed E-state index contributed by atoms with van der Waals surface area (Å²) in [4.78, 5) is 22.3. The molecule has 0 aliphatic rings. The quantitative estimate of drug-likeness (QED) is 0.559. The van der Waals surface area contributed by atoms with Gasteiger partial charge in [0.1, 0.15) is 0 Å². The van der Waals surface area contributed by atoms with Gasteiger partial charge in [-0.25, -0.2) is 9.59 Å². The second-order valence-corrected chi connectivity index (χ2v) is 14.1. The lowest BCUT2D eigenvalue weighted by molar-refractivity contribution is -0.130. The van der Waals surface area contributed by atoms with Crippen molar-refractivity contribution in [1.29, 1.82) is 0 Å². The molecule has 0 amide bonds. The van der Waals surface area contributed by atoms with E-state index in [9.17, 15) is 9.59 Å². The van der Waals surface area contributed by atoms with Crippen molar-refractivity contribution in [2.24, 2.45) is 0 Å². The van der Waals surface area contributed by atoms with Gasteiger partial charge in [0.25, 0.3) is 0 Å². The number of carbonyl (C=O) groups is 2. The number of carbonyl (C=O) groups excluding carboxylic acids is 2. The summed E-state index contributed by atoms with van der Waals surface area (Å²) in [6.07, 6.45) is 0. The highest BCUT2D eigenvalue weighted by Crippen LogP contribution is 2.03. The first-order valence-corrected chi connectivity index (χ1v) is 11.8. The van der Waals surface area contributed by atoms with Crippen molar-refractivity contribution in [2.45, 2.75) is 39.3 Å². The van der Waals surface area contributed by atoms with Gasteiger partial charge >= 0.3 is 11.9 Å². The van der Waals surface area contributed by atoms with Gasteiger partial charge in [0.15, 0.2) is 0 Å². The van der Waals surface area contributed by atoms with Crippen LogP contribution >= 0.6 is 0 Å². The molecule has 6 heteroatoms. The van der Waals surface area contributed by atoms with E-state index in [1.165, 1.54) is 0 Å². The summed E-state index contributed by atoms with van der Waals surface area (Å²) in [6.45, 7) is 11.2. The van der Waals surface area contributed by atoms with Crippen LogP contribution in [0.3, 0.4) is 0 Å². The molecular formula is C10H18O4Si2. The maximum Gasteiger partial charge on any atom is 0.371 e. The summed E-state index contributed by atoms with van der Waals surface area (Å²) >= 11 is 0. The first kappa shape index (κ1) is 14.9. The highest BCUT2D eigenvalue weighted by atomic mass is 28.4. The average Bonchev–Trinajstić information content (AvgIpc) is 1.94. The van der Waals surface area contributed by atoms with E-state index in [1.807, 2.05) is 39.3 Å². The Kier molecular flexibility index (Phi) is 4.96. The zero-order valence-corrected chi connectivity index (χ0v) is 12.6. The molecule has 0 aromatic heterocycles. The van der Waals surface area contributed by atoms with Crippen LogP contribution in [-0.4, -0.2) is 28.6 Å². The van der Waals surface area contributed by atoms with Gasteiger partial charge in [-0.2, -0.15) is 0 Å². The fraction of sp³-hybridized carbons (Fsp3) is 0.600. The summed E-state index contributed by atoms with van der Waals surface area (Å²) in [5.74, 6) is 2.94. The van der Waals surface area contributed by atoms with Crippen LogP contribution in [0.4, 0.5) is 0 Å². The van der Waals surface area contributed by atoms with E-state index in [1.54, 1.807) is 0 Å². The van der Waals surface area contributed by atoms with Crippen molar-refractivity contribution in [3.8, 4) is 11.8 Å². The maximum absolute atomic E-state index is 11.2. The molecule has 16 heavy (non-hydrogen) atoms. The molecule has 0 atom stereocenters. The van der Waals surface area contributed by atoms with Crippen LogP contribution in [0.5, 0.6) is 0 Å². The number of hydrogen-bond donors (Lipinski definition) is 0. The first-order valence-electron chi connectivity index (χ1n) is 4.97. The van der Waals surface area contributed by atoms with Crippen LogP contribution in [0.1, 0.15) is 0 Å². The number of hydrogen-bond acceptors (Lipinski definition) is 4. The Labute approximate surface area is 98.6 Å². The predicted octanol–water partition coefficient (Wildman–Crippen LogP) is 1.75. The monoisotopic (exact) mass is 258 g/mol. The maximum atomic E-state index is 11.2. The van der Waals surface area contributed by atoms with Crippen LogP contribution in [0.15, 0.2) is 0 Å². The lowest BCUT2D eigenvalue weighted by Crippen LogP contribution is -2.29. The molecular weight excluding hydrogens is 240 g/mol. The summed E-state index contributed by atoms with van der Waals surface area (Å²) < 4.78 is 10.1. The van der Waals surface area contributed by atoms with Gasteiger partial charge in [-0.3, -0.25) is 0 Å². The second kappa shape index (κ2) is 5.32. The number of rotatable bonds is 2. The third-order valence-electron chi connectivity index (χ3n) is 1.06. The Hall–Kier alpha value is -1.07. The molecule has 0 spiro atoms. The van der Waals surface area contributed by atoms with E-state index in [-0.39, 0.29) is 0 Å². The third-order valence-corrected chi connectivity index (χ3v) is 2.66. The van der Waals surface area contributed by atoms with Gasteiger partial charge in [0, 0.05) is 11.8 Å². The Bertz CT molecular complexity index is 307. The summed E-state index contributed by atoms with van der Waals surface area (Å²) in [6, 6.07) is 0. The second-order valence-electron chi connectivity index (χ2n) is 5.25. The molecule has 0 saturated heterocycles. The lowest BCUT2D eigenvalue weighted by Gasteiger charge is -2.15. The van der Waals surface area contributed by atoms with Crippen LogP contribution in [0.25, 0.3) is 0 Å². The predicted molar refractivity (Wildman–Crippen MR) is 66.7 cm³/mol. The van der Waals surface area contributed by atoms with E-state index in [0.29, 0.717) is 0 Å². The highest BCUT2D eigenvalue weighted by Gasteiger charge is 2.20. The topological polar surface area (TPSA) is 52.6 Å². The molecule has 0 N–H and O–H groups in total. The van der Waals surface area contributed by atoms with Gasteiger partial charge in [-0.15, -0.1) is 0 Å². The Balaban J connectivity index is 4.31. The normalized spacial score (nSPS) is 11.1. The molecule has 90 valence electrons. The molecule has 4 nitrogen and oxygen atoms in total. The fourth-order valence-electron chi connectivity index (χ4n) is 0.709. The molecule has 0 bridgehead atoms. The van der Waals surface area contributed by atoms with E-state index in [2.05, 4.69) is 11.8 Å². The average molecular weight is 258 g/mol. The third kappa shape index (κ3) is 9.49. The minimum Gasteiger partial charge on any atom is -0.511 e. The smallest absolute Gasteiger partial charge is 0.371 e. The van der Waals surface area contributed by atoms with Crippen molar-refractivity contribution in [3.63, 3.8) is 0 Å². The van der Waals surface area contributed by atoms with Crippen molar-refractivity contribution in [3.05, 3.63) is 0 Å². The van der Waals surface area contributed by atoms with Gasteiger partial charge in [0.05, 0.1) is 0 Å². The Morgan fingerprint density at radius 2 is 1.00 bits per heavy atom. The molecule has 0 unspecified atom stereocenters. The zero-order chi connectivity index (χ0) is 13.0. The molecule has 0 rings (SSSR count). The minimum absolute atomic E-state index is 0.660. The Morgan fingerprint density at radius 3 is 1.19 bits per heavy atom. The van der Waals surface area contributed by atoms with Crippen LogP contribution < -0.4 is 0 Å². The standard InChI is InChI=1S/C10H18O4Si2/c1-15(2,3)13-9(11)7-8-10(12)14-16(4,5)6/h1-6H3. The molecule has 0 saturated carbocycles. The summed E-state index contributed by atoms with van der Waals surface area (Å²) in [5, 5.41) is 0. The summed E-state index contributed by atoms with van der Waals surface area (Å²) in [5.41, 5.74) is 0. The van der Waals surface area contributed by atoms with E-state index in [4.69, 9.17) is 8.85 Å². The van der Waals surface area contributed by atoms with Crippen molar-refractivity contribution < 1.29 is 18.4 Å². The van der Waals surface area contributed by atoms with E-state index >= 15 is 0 Å². The summed E-state index contributed by atoms with van der Waals surface area (Å²) in [7, 11) is -3.87. The van der Waals surface area contributed by atoms with Crippen molar-refractivity contribution >= 4 is 28.6 Å². The highest BCUT2D eigenvalue weighted by molar-refractivity contribution is 6.72. The largest absolute Gasteiger partial charge is 0.511 e. The van der Waals surface area contributed by atoms with Crippen molar-refractivity contribution in [1.82, 2.24) is 0 Å². The van der Waals surface area contributed by atoms with E-state index in [0.717, 1.165) is 0 Å². The fourth-order valence-corrected chi connectivity index (χ4v) is 1.92. The SMILES string of the molecule is C[Si](C)(C)OC(=O)C#CC(=O)O[Si](C)(C)C. The lowest BCUT2D eigenvalue weighted by atomic mass is 10.6. The Morgan fingerprint density at radius 1 is 0.750 bits per heavy atom. The van der Waals surface area contributed by atoms with Gasteiger partial charge in [-0.05, 0) is 39.3 Å². The van der Waals surface area contributed by atoms with Crippen LogP contribution in [0.2, 0.25) is 39.3 Å². The van der Waals surface area contributed by atoms with Gasteiger partial charge in [-0.1, -0.05) is 0 Å². The van der Waals surface area contributed by atoms with Crippen molar-refractivity contribution in [2.75, 3.05) is 0 Å². The first-order chi connectivity index (χ1) is 6.99. The molecule has 0 aliphatic heterocycles. The zero-order valence-electron chi connectivity index (χ0n) is 10.6. The van der Waals surface area contributed by atoms with Gasteiger partial charge in [0.2, 0.25) is 16.6 Å². The molecule has 0 radical (unpaired) electrons. The molecule has 0 aliphatic carbocycles. The van der Waals surface area contributed by atoms with E-state index < -0.39 is 28.6 Å². The molecule has 0 fully saturated rings. The molecule has 0 heterocycles. The van der Waals surface area contributed by atoms with Crippen LogP contribution in [-0.2, 0) is 18.4 Å². The molecule has 0 aromatic carbocycles.